The van der Waals surface area contributed by atoms with Crippen LogP contribution in [0.4, 0.5) is 5.69 Å². The largest absolute Gasteiger partial charge is 0.433 e. The summed E-state index contributed by atoms with van der Waals surface area (Å²) < 4.78 is 24.3. The van der Waals surface area contributed by atoms with E-state index in [9.17, 15) is 4.57 Å². The second-order valence-corrected chi connectivity index (χ2v) is 8.12. The molecule has 2 aliphatic rings. The minimum Gasteiger partial charge on any atom is -0.291 e. The van der Waals surface area contributed by atoms with Crippen LogP contribution in [0.25, 0.3) is 0 Å². The Morgan fingerprint density at radius 2 is 2.00 bits per heavy atom. The molecule has 0 unspecified atom stereocenters. The van der Waals surface area contributed by atoms with Gasteiger partial charge in [-0.2, -0.15) is 0 Å². The molecule has 3 rings (SSSR count). The molecule has 1 N–H and O–H groups in total. The molecule has 0 radical (unpaired) electrons. The molecule has 0 amide bonds. The SMILES string of the molecule is C[C@@H]1O[P@](=O)(Nc2cc(Cl)ccc2Cl)O[C@H]2CCCC[C@H]12. The molecule has 1 saturated carbocycles. The smallest absolute Gasteiger partial charge is 0.291 e. The standard InChI is InChI=1S/C14H18Cl2NO3P/c1-9-11-4-2-3-5-14(11)20-21(18,19-9)17-13-8-10(15)6-7-12(13)16/h6-9,11,14H,2-5H2,1H3,(H,17,18)/t9-,11+,14-,21+/m0/s1. The van der Waals surface area contributed by atoms with Crippen molar-refractivity contribution in [2.24, 2.45) is 5.92 Å². The molecule has 1 saturated heterocycles. The molecular formula is C14H18Cl2NO3P. The third-order valence-electron chi connectivity index (χ3n) is 4.12. The van der Waals surface area contributed by atoms with Gasteiger partial charge in [-0.1, -0.05) is 36.0 Å². The van der Waals surface area contributed by atoms with Gasteiger partial charge in [-0.05, 0) is 38.0 Å². The Morgan fingerprint density at radius 1 is 1.24 bits per heavy atom. The first-order valence-corrected chi connectivity index (χ1v) is 9.47. The molecule has 4 nitrogen and oxygen atoms in total. The Kier molecular flexibility index (Phi) is 4.54. The molecule has 1 heterocycles. The minimum atomic E-state index is -3.42. The fraction of sp³-hybridized carbons (Fsp3) is 0.571. The van der Waals surface area contributed by atoms with Gasteiger partial charge in [0.15, 0.2) is 0 Å². The second kappa shape index (κ2) is 6.10. The van der Waals surface area contributed by atoms with E-state index in [1.807, 2.05) is 6.92 Å². The highest BCUT2D eigenvalue weighted by atomic mass is 35.5. The Morgan fingerprint density at radius 3 is 2.81 bits per heavy atom. The monoisotopic (exact) mass is 349 g/mol. The van der Waals surface area contributed by atoms with Crippen molar-refractivity contribution in [1.29, 1.82) is 0 Å². The van der Waals surface area contributed by atoms with E-state index < -0.39 is 7.75 Å². The fourth-order valence-corrected chi connectivity index (χ4v) is 5.33. The maximum Gasteiger partial charge on any atom is 0.433 e. The van der Waals surface area contributed by atoms with Gasteiger partial charge in [0.2, 0.25) is 0 Å². The zero-order chi connectivity index (χ0) is 15.0. The van der Waals surface area contributed by atoms with E-state index in [1.54, 1.807) is 18.2 Å². The van der Waals surface area contributed by atoms with Crippen molar-refractivity contribution in [3.05, 3.63) is 28.2 Å². The lowest BCUT2D eigenvalue weighted by Gasteiger charge is -2.42. The van der Waals surface area contributed by atoms with Crippen LogP contribution in [0.2, 0.25) is 10.0 Å². The summed E-state index contributed by atoms with van der Waals surface area (Å²) in [5.41, 5.74) is 0.467. The van der Waals surface area contributed by atoms with Crippen LogP contribution >= 0.6 is 30.9 Å². The summed E-state index contributed by atoms with van der Waals surface area (Å²) in [5.74, 6) is 0.317. The quantitative estimate of drug-likeness (QED) is 0.715. The van der Waals surface area contributed by atoms with E-state index in [0.717, 1.165) is 19.3 Å². The fourth-order valence-electron chi connectivity index (χ4n) is 3.08. The van der Waals surface area contributed by atoms with E-state index in [2.05, 4.69) is 5.09 Å². The third-order valence-corrected chi connectivity index (χ3v) is 6.36. The number of nitrogens with one attached hydrogen (secondary N) is 1. The van der Waals surface area contributed by atoms with Crippen LogP contribution in [-0.2, 0) is 13.6 Å². The van der Waals surface area contributed by atoms with Gasteiger partial charge in [-0.3, -0.25) is 14.1 Å². The van der Waals surface area contributed by atoms with Crippen molar-refractivity contribution in [1.82, 2.24) is 0 Å². The molecule has 2 fully saturated rings. The van der Waals surface area contributed by atoms with Crippen molar-refractivity contribution >= 4 is 36.6 Å². The molecule has 0 bridgehead atoms. The van der Waals surface area contributed by atoms with Gasteiger partial charge >= 0.3 is 7.75 Å². The molecule has 1 aromatic rings. The first kappa shape index (κ1) is 15.6. The second-order valence-electron chi connectivity index (χ2n) is 5.64. The van der Waals surface area contributed by atoms with Gasteiger partial charge in [0.1, 0.15) is 0 Å². The van der Waals surface area contributed by atoms with Gasteiger partial charge in [0.25, 0.3) is 0 Å². The zero-order valence-electron chi connectivity index (χ0n) is 11.7. The van der Waals surface area contributed by atoms with Crippen LogP contribution in [0.5, 0.6) is 0 Å². The third kappa shape index (κ3) is 3.40. The van der Waals surface area contributed by atoms with Crippen LogP contribution in [0, 0.1) is 5.92 Å². The van der Waals surface area contributed by atoms with Crippen molar-refractivity contribution < 1.29 is 13.6 Å². The number of benzene rings is 1. The van der Waals surface area contributed by atoms with Gasteiger partial charge in [0, 0.05) is 10.9 Å². The van der Waals surface area contributed by atoms with Crippen molar-refractivity contribution in [2.45, 2.75) is 44.8 Å². The molecule has 7 heteroatoms. The Balaban J connectivity index is 1.81. The normalized spacial score (nSPS) is 36.0. The Hall–Kier alpha value is -0.250. The number of fused-ring (bicyclic) bond motifs is 1. The van der Waals surface area contributed by atoms with Crippen molar-refractivity contribution in [3.63, 3.8) is 0 Å². The van der Waals surface area contributed by atoms with E-state index in [1.165, 1.54) is 6.42 Å². The van der Waals surface area contributed by atoms with Gasteiger partial charge in [0.05, 0.1) is 22.9 Å². The van der Waals surface area contributed by atoms with Crippen LogP contribution < -0.4 is 5.09 Å². The number of hydrogen-bond acceptors (Lipinski definition) is 3. The lowest BCUT2D eigenvalue weighted by Crippen LogP contribution is -2.40. The summed E-state index contributed by atoms with van der Waals surface area (Å²) in [4.78, 5) is 0. The molecular weight excluding hydrogens is 332 g/mol. The molecule has 1 aliphatic carbocycles. The molecule has 116 valence electrons. The van der Waals surface area contributed by atoms with Crippen LogP contribution in [0.3, 0.4) is 0 Å². The predicted molar refractivity (Wildman–Crippen MR) is 85.1 cm³/mol. The van der Waals surface area contributed by atoms with Gasteiger partial charge in [-0.15, -0.1) is 0 Å². The van der Waals surface area contributed by atoms with Crippen molar-refractivity contribution in [3.8, 4) is 0 Å². The molecule has 0 spiro atoms. The highest BCUT2D eigenvalue weighted by Crippen LogP contribution is 2.58. The highest BCUT2D eigenvalue weighted by Gasteiger charge is 2.45. The predicted octanol–water partition coefficient (Wildman–Crippen LogP) is 5.51. The van der Waals surface area contributed by atoms with Gasteiger partial charge < -0.3 is 0 Å². The lowest BCUT2D eigenvalue weighted by molar-refractivity contribution is -0.0363. The van der Waals surface area contributed by atoms with E-state index in [0.29, 0.717) is 21.7 Å². The molecule has 4 atom stereocenters. The van der Waals surface area contributed by atoms with Crippen LogP contribution in [0.1, 0.15) is 32.6 Å². The van der Waals surface area contributed by atoms with Gasteiger partial charge in [-0.25, -0.2) is 4.57 Å². The molecule has 1 aliphatic heterocycles. The van der Waals surface area contributed by atoms with E-state index in [-0.39, 0.29) is 12.2 Å². The number of hydrogen-bond donors (Lipinski definition) is 1. The lowest BCUT2D eigenvalue weighted by atomic mass is 9.83. The Labute approximate surface area is 134 Å². The average Bonchev–Trinajstić information content (AvgIpc) is 2.42. The summed E-state index contributed by atoms with van der Waals surface area (Å²) in [7, 11) is -3.42. The molecule has 1 aromatic carbocycles. The maximum absolute atomic E-state index is 12.9. The van der Waals surface area contributed by atoms with Crippen LogP contribution in [0.15, 0.2) is 18.2 Å². The summed E-state index contributed by atoms with van der Waals surface area (Å²) >= 11 is 12.0. The topological polar surface area (TPSA) is 47.6 Å². The number of rotatable bonds is 2. The summed E-state index contributed by atoms with van der Waals surface area (Å²) in [6, 6.07) is 4.94. The maximum atomic E-state index is 12.9. The zero-order valence-corrected chi connectivity index (χ0v) is 14.1. The molecule has 0 aromatic heterocycles. The summed E-state index contributed by atoms with van der Waals surface area (Å²) in [6.07, 6.45) is 4.15. The average molecular weight is 350 g/mol. The minimum absolute atomic E-state index is 0.0150. The Bertz CT molecular complexity index is 583. The summed E-state index contributed by atoms with van der Waals surface area (Å²) in [6.45, 7) is 1.96. The number of halogens is 2. The first-order chi connectivity index (χ1) is 9.97. The van der Waals surface area contributed by atoms with Crippen molar-refractivity contribution in [2.75, 3.05) is 5.09 Å². The van der Waals surface area contributed by atoms with E-state index >= 15 is 0 Å². The number of anilines is 1. The summed E-state index contributed by atoms with van der Waals surface area (Å²) in [5, 5.41) is 3.76. The first-order valence-electron chi connectivity index (χ1n) is 7.17. The van der Waals surface area contributed by atoms with E-state index in [4.69, 9.17) is 32.2 Å². The highest BCUT2D eigenvalue weighted by molar-refractivity contribution is 7.55. The molecule has 21 heavy (non-hydrogen) atoms. The van der Waals surface area contributed by atoms with Crippen LogP contribution in [-0.4, -0.2) is 12.2 Å².